The number of hydrogen-bond acceptors (Lipinski definition) is 4. The lowest BCUT2D eigenvalue weighted by molar-refractivity contribution is -0.131. The van der Waals surface area contributed by atoms with Crippen LogP contribution in [0.2, 0.25) is 0 Å². The quantitative estimate of drug-likeness (QED) is 0.403. The van der Waals surface area contributed by atoms with Gasteiger partial charge in [0.15, 0.2) is 0 Å². The predicted molar refractivity (Wildman–Crippen MR) is 143 cm³/mol. The maximum Gasteiger partial charge on any atom is 0.270 e. The molecule has 0 radical (unpaired) electrons. The van der Waals surface area contributed by atoms with Crippen molar-refractivity contribution >= 4 is 17.9 Å². The molecule has 0 aliphatic carbocycles. The fourth-order valence-electron chi connectivity index (χ4n) is 4.16. The number of aromatic nitrogens is 2. The monoisotopic (exact) mass is 492 g/mol. The van der Waals surface area contributed by atoms with Gasteiger partial charge in [-0.1, -0.05) is 66.2 Å². The Morgan fingerprint density at radius 3 is 2.22 bits per heavy atom. The van der Waals surface area contributed by atoms with Crippen LogP contribution in [-0.4, -0.2) is 52.8 Å². The molecule has 0 unspecified atom stereocenters. The molecule has 7 nitrogen and oxygen atoms in total. The van der Waals surface area contributed by atoms with Crippen molar-refractivity contribution in [2.45, 2.75) is 6.92 Å². The molecule has 1 fully saturated rings. The Balaban J connectivity index is 1.58. The molecule has 186 valence electrons. The third kappa shape index (κ3) is 5.68. The summed E-state index contributed by atoms with van der Waals surface area (Å²) < 4.78 is 7.21. The molecule has 0 bridgehead atoms. The number of nitrogens with zero attached hydrogens (tertiary/aromatic N) is 3. The molecular weight excluding hydrogens is 464 g/mol. The number of carbonyl (C=O) groups excluding carboxylic acids is 2. The van der Waals surface area contributed by atoms with Crippen LogP contribution >= 0.6 is 0 Å². The zero-order chi connectivity index (χ0) is 25.6. The van der Waals surface area contributed by atoms with E-state index in [2.05, 4.69) is 5.32 Å². The highest BCUT2D eigenvalue weighted by Crippen LogP contribution is 2.23. The highest BCUT2D eigenvalue weighted by molar-refractivity contribution is 6.05. The predicted octanol–water partition coefficient (Wildman–Crippen LogP) is 4.48. The smallest absolute Gasteiger partial charge is 0.270 e. The Bertz CT molecular complexity index is 1400. The van der Waals surface area contributed by atoms with Gasteiger partial charge in [0.1, 0.15) is 5.70 Å². The minimum atomic E-state index is -0.345. The van der Waals surface area contributed by atoms with Gasteiger partial charge < -0.3 is 15.0 Å². The molecule has 1 aromatic heterocycles. The standard InChI is InChI=1S/C30H28N4O3/c1-22-12-14-24(15-13-22)29(35)31-28(30(36)33-16-18-37-19-17-33)21-26-20-27(23-8-4-2-5-9-23)32-34(26)25-10-6-3-7-11-25/h2-15,20-21H,16-19H2,1H3,(H,31,35)/b28-21-. The van der Waals surface area contributed by atoms with Gasteiger partial charge in [0, 0.05) is 24.2 Å². The maximum absolute atomic E-state index is 13.6. The summed E-state index contributed by atoms with van der Waals surface area (Å²) in [6.45, 7) is 3.81. The lowest BCUT2D eigenvalue weighted by Gasteiger charge is -2.27. The first-order valence-electron chi connectivity index (χ1n) is 12.3. The Morgan fingerprint density at radius 2 is 1.54 bits per heavy atom. The van der Waals surface area contributed by atoms with E-state index in [0.29, 0.717) is 37.6 Å². The number of amides is 2. The second kappa shape index (κ2) is 11.1. The van der Waals surface area contributed by atoms with E-state index in [4.69, 9.17) is 9.84 Å². The molecule has 7 heteroatoms. The van der Waals surface area contributed by atoms with Crippen LogP contribution in [0.5, 0.6) is 0 Å². The molecule has 3 aromatic carbocycles. The number of rotatable bonds is 6. The lowest BCUT2D eigenvalue weighted by Crippen LogP contribution is -2.44. The van der Waals surface area contributed by atoms with Gasteiger partial charge in [-0.2, -0.15) is 5.10 Å². The highest BCUT2D eigenvalue weighted by Gasteiger charge is 2.24. The summed E-state index contributed by atoms with van der Waals surface area (Å²) in [6, 6.07) is 28.8. The van der Waals surface area contributed by atoms with Crippen LogP contribution in [0.4, 0.5) is 0 Å². The molecule has 1 saturated heterocycles. The third-order valence-electron chi connectivity index (χ3n) is 6.19. The zero-order valence-electron chi connectivity index (χ0n) is 20.6. The van der Waals surface area contributed by atoms with Crippen molar-refractivity contribution in [1.82, 2.24) is 20.0 Å². The van der Waals surface area contributed by atoms with Crippen molar-refractivity contribution < 1.29 is 14.3 Å². The molecule has 1 aliphatic heterocycles. The van der Waals surface area contributed by atoms with Crippen LogP contribution in [0.25, 0.3) is 23.0 Å². The summed E-state index contributed by atoms with van der Waals surface area (Å²) in [4.78, 5) is 28.5. The number of nitrogens with one attached hydrogen (secondary N) is 1. The van der Waals surface area contributed by atoms with E-state index in [0.717, 1.165) is 22.5 Å². The third-order valence-corrected chi connectivity index (χ3v) is 6.19. The Kier molecular flexibility index (Phi) is 7.23. The molecule has 2 amide bonds. The van der Waals surface area contributed by atoms with Crippen LogP contribution in [0.1, 0.15) is 21.6 Å². The van der Waals surface area contributed by atoms with Crippen LogP contribution in [0, 0.1) is 6.92 Å². The summed E-state index contributed by atoms with van der Waals surface area (Å²) in [5, 5.41) is 7.71. The molecule has 4 aromatic rings. The van der Waals surface area contributed by atoms with Gasteiger partial charge >= 0.3 is 0 Å². The first kappa shape index (κ1) is 24.2. The van der Waals surface area contributed by atoms with Crippen molar-refractivity contribution in [3.63, 3.8) is 0 Å². The van der Waals surface area contributed by atoms with E-state index in [1.165, 1.54) is 0 Å². The van der Waals surface area contributed by atoms with Crippen molar-refractivity contribution in [2.24, 2.45) is 0 Å². The largest absolute Gasteiger partial charge is 0.378 e. The Morgan fingerprint density at radius 1 is 0.892 bits per heavy atom. The number of hydrogen-bond donors (Lipinski definition) is 1. The van der Waals surface area contributed by atoms with Crippen LogP contribution in [0.15, 0.2) is 96.7 Å². The van der Waals surface area contributed by atoms with Crippen LogP contribution in [-0.2, 0) is 9.53 Å². The second-order valence-electron chi connectivity index (χ2n) is 8.85. The Labute approximate surface area is 216 Å². The molecule has 37 heavy (non-hydrogen) atoms. The summed E-state index contributed by atoms with van der Waals surface area (Å²) in [7, 11) is 0. The molecule has 0 atom stereocenters. The normalized spacial score (nSPS) is 13.9. The van der Waals surface area contributed by atoms with Gasteiger partial charge in [-0.05, 0) is 43.3 Å². The second-order valence-corrected chi connectivity index (χ2v) is 8.85. The maximum atomic E-state index is 13.6. The molecule has 2 heterocycles. The van der Waals surface area contributed by atoms with Crippen molar-refractivity contribution in [2.75, 3.05) is 26.3 Å². The minimum Gasteiger partial charge on any atom is -0.378 e. The lowest BCUT2D eigenvalue weighted by atomic mass is 10.1. The van der Waals surface area contributed by atoms with Crippen molar-refractivity contribution in [3.05, 3.63) is 114 Å². The minimum absolute atomic E-state index is 0.184. The number of ether oxygens (including phenoxy) is 1. The van der Waals surface area contributed by atoms with Gasteiger partial charge in [-0.25, -0.2) is 4.68 Å². The molecule has 0 spiro atoms. The van der Waals surface area contributed by atoms with E-state index in [1.54, 1.807) is 27.8 Å². The summed E-state index contributed by atoms with van der Waals surface area (Å²) in [5.74, 6) is -0.604. The molecule has 5 rings (SSSR count). The molecular formula is C30H28N4O3. The van der Waals surface area contributed by atoms with Gasteiger partial charge in [0.2, 0.25) is 0 Å². The molecule has 0 saturated carbocycles. The van der Waals surface area contributed by atoms with E-state index in [1.807, 2.05) is 85.8 Å². The molecule has 1 aliphatic rings. The van der Waals surface area contributed by atoms with Crippen LogP contribution < -0.4 is 5.32 Å². The summed E-state index contributed by atoms with van der Waals surface area (Å²) in [6.07, 6.45) is 1.70. The number of carbonyl (C=O) groups is 2. The van der Waals surface area contributed by atoms with Gasteiger partial charge in [-0.15, -0.1) is 0 Å². The van der Waals surface area contributed by atoms with E-state index in [9.17, 15) is 9.59 Å². The fraction of sp³-hybridized carbons (Fsp3) is 0.167. The number of para-hydroxylation sites is 1. The summed E-state index contributed by atoms with van der Waals surface area (Å²) >= 11 is 0. The average Bonchev–Trinajstić information content (AvgIpc) is 3.38. The average molecular weight is 493 g/mol. The topological polar surface area (TPSA) is 76.5 Å². The van der Waals surface area contributed by atoms with Crippen molar-refractivity contribution in [1.29, 1.82) is 0 Å². The number of morpholine rings is 1. The van der Waals surface area contributed by atoms with E-state index < -0.39 is 0 Å². The number of benzene rings is 3. The van der Waals surface area contributed by atoms with Gasteiger partial charge in [0.25, 0.3) is 11.8 Å². The van der Waals surface area contributed by atoms with E-state index >= 15 is 0 Å². The van der Waals surface area contributed by atoms with Gasteiger partial charge in [-0.3, -0.25) is 9.59 Å². The van der Waals surface area contributed by atoms with E-state index in [-0.39, 0.29) is 17.5 Å². The SMILES string of the molecule is Cc1ccc(C(=O)N/C(=C\c2cc(-c3ccccc3)nn2-c2ccccc2)C(=O)N2CCOCC2)cc1. The fourth-order valence-corrected chi connectivity index (χ4v) is 4.16. The summed E-state index contributed by atoms with van der Waals surface area (Å²) in [5.41, 5.74) is 4.95. The first-order valence-corrected chi connectivity index (χ1v) is 12.3. The van der Waals surface area contributed by atoms with Crippen LogP contribution in [0.3, 0.4) is 0 Å². The van der Waals surface area contributed by atoms with Crippen molar-refractivity contribution in [3.8, 4) is 16.9 Å². The highest BCUT2D eigenvalue weighted by atomic mass is 16.5. The zero-order valence-corrected chi connectivity index (χ0v) is 20.6. The van der Waals surface area contributed by atoms with Gasteiger partial charge in [0.05, 0.1) is 30.3 Å². The number of aryl methyl sites for hydroxylation is 1. The molecule has 1 N–H and O–H groups in total. The Hall–Kier alpha value is -4.49. The first-order chi connectivity index (χ1) is 18.1.